The van der Waals surface area contributed by atoms with Gasteiger partial charge in [-0.05, 0) is 6.92 Å². The summed E-state index contributed by atoms with van der Waals surface area (Å²) in [5.41, 5.74) is 0.960. The van der Waals surface area contributed by atoms with E-state index in [0.29, 0.717) is 6.61 Å². The van der Waals surface area contributed by atoms with Crippen LogP contribution in [0.4, 0.5) is 4.39 Å². The first-order valence-corrected chi connectivity index (χ1v) is 6.78. The molecule has 6 unspecified atom stereocenters. The molecule has 19 heavy (non-hydrogen) atoms. The molecular formula is C15H19FO3. The van der Waals surface area contributed by atoms with Crippen LogP contribution in [0.3, 0.4) is 0 Å². The van der Waals surface area contributed by atoms with Crippen LogP contribution in [-0.2, 0) is 14.2 Å². The van der Waals surface area contributed by atoms with Crippen molar-refractivity contribution in [3.8, 4) is 0 Å². The van der Waals surface area contributed by atoms with E-state index in [-0.39, 0.29) is 18.1 Å². The Kier molecular flexibility index (Phi) is 3.56. The van der Waals surface area contributed by atoms with E-state index < -0.39 is 18.6 Å². The molecule has 2 saturated heterocycles. The molecule has 2 aliphatic rings. The van der Waals surface area contributed by atoms with Crippen LogP contribution >= 0.6 is 0 Å². The van der Waals surface area contributed by atoms with E-state index in [1.807, 2.05) is 37.3 Å². The van der Waals surface area contributed by atoms with Crippen molar-refractivity contribution in [2.45, 2.75) is 44.6 Å². The molecule has 0 radical (unpaired) electrons. The Morgan fingerprint density at radius 2 is 1.84 bits per heavy atom. The highest BCUT2D eigenvalue weighted by atomic mass is 19.1. The summed E-state index contributed by atoms with van der Waals surface area (Å²) in [6.45, 7) is 4.10. The molecule has 3 rings (SSSR count). The number of fused-ring (bicyclic) bond motifs is 1. The Balaban J connectivity index is 1.75. The van der Waals surface area contributed by atoms with Crippen LogP contribution in [0.15, 0.2) is 30.3 Å². The largest absolute Gasteiger partial charge is 0.367 e. The molecule has 2 fully saturated rings. The molecule has 0 saturated carbocycles. The molecule has 0 amide bonds. The smallest absolute Gasteiger partial charge is 0.184 e. The first-order valence-electron chi connectivity index (χ1n) is 6.78. The van der Waals surface area contributed by atoms with Gasteiger partial charge in [-0.15, -0.1) is 0 Å². The van der Waals surface area contributed by atoms with Crippen LogP contribution in [0, 0.1) is 5.92 Å². The van der Waals surface area contributed by atoms with Crippen molar-refractivity contribution in [3.63, 3.8) is 0 Å². The predicted octanol–water partition coefficient (Wildman–Crippen LogP) is 2.86. The second-order valence-electron chi connectivity index (χ2n) is 5.36. The third-order valence-electron chi connectivity index (χ3n) is 3.99. The molecular weight excluding hydrogens is 247 g/mol. The van der Waals surface area contributed by atoms with Gasteiger partial charge in [-0.25, -0.2) is 4.39 Å². The van der Waals surface area contributed by atoms with Gasteiger partial charge in [-0.2, -0.15) is 0 Å². The van der Waals surface area contributed by atoms with Crippen molar-refractivity contribution in [1.29, 1.82) is 0 Å². The van der Waals surface area contributed by atoms with Crippen LogP contribution in [0.5, 0.6) is 0 Å². The second kappa shape index (κ2) is 5.19. The van der Waals surface area contributed by atoms with Gasteiger partial charge in [0.05, 0.1) is 18.8 Å². The predicted molar refractivity (Wildman–Crippen MR) is 68.4 cm³/mol. The maximum absolute atomic E-state index is 14.0. The number of alkyl halides is 1. The molecule has 1 aromatic rings. The average Bonchev–Trinajstić information content (AvgIpc) is 2.46. The van der Waals surface area contributed by atoms with Crippen molar-refractivity contribution in [1.82, 2.24) is 0 Å². The van der Waals surface area contributed by atoms with E-state index in [0.717, 1.165) is 5.56 Å². The van der Waals surface area contributed by atoms with E-state index in [1.165, 1.54) is 0 Å². The quantitative estimate of drug-likeness (QED) is 0.782. The average molecular weight is 266 g/mol. The van der Waals surface area contributed by atoms with Gasteiger partial charge in [-0.3, -0.25) is 0 Å². The first kappa shape index (κ1) is 13.0. The molecule has 4 heteroatoms. The van der Waals surface area contributed by atoms with Crippen molar-refractivity contribution >= 4 is 0 Å². The zero-order chi connectivity index (χ0) is 13.4. The zero-order valence-corrected chi connectivity index (χ0v) is 11.2. The normalized spacial score (nSPS) is 42.7. The monoisotopic (exact) mass is 266 g/mol. The summed E-state index contributed by atoms with van der Waals surface area (Å²) in [6, 6.07) is 9.73. The zero-order valence-electron chi connectivity index (χ0n) is 11.2. The molecule has 0 aromatic heterocycles. The summed E-state index contributed by atoms with van der Waals surface area (Å²) in [5.74, 6) is -0.177. The summed E-state index contributed by atoms with van der Waals surface area (Å²) >= 11 is 0. The van der Waals surface area contributed by atoms with Gasteiger partial charge in [0, 0.05) is 11.5 Å². The van der Waals surface area contributed by atoms with Gasteiger partial charge in [0.15, 0.2) is 6.29 Å². The number of ether oxygens (including phenoxy) is 3. The van der Waals surface area contributed by atoms with Gasteiger partial charge in [-0.1, -0.05) is 37.3 Å². The Hall–Kier alpha value is -0.970. The maximum Gasteiger partial charge on any atom is 0.184 e. The SMILES string of the molecule is CC1OC2COC(c3ccccc3)OC2C(C)C1F. The lowest BCUT2D eigenvalue weighted by Crippen LogP contribution is -2.56. The minimum atomic E-state index is -0.990. The van der Waals surface area contributed by atoms with Crippen LogP contribution in [0.25, 0.3) is 0 Å². The Morgan fingerprint density at radius 1 is 1.11 bits per heavy atom. The molecule has 0 N–H and O–H groups in total. The summed E-state index contributed by atoms with van der Waals surface area (Å²) in [5, 5.41) is 0. The molecule has 0 aliphatic carbocycles. The minimum Gasteiger partial charge on any atom is -0.367 e. The highest BCUT2D eigenvalue weighted by Crippen LogP contribution is 2.37. The second-order valence-corrected chi connectivity index (χ2v) is 5.36. The van der Waals surface area contributed by atoms with Crippen molar-refractivity contribution in [2.75, 3.05) is 6.61 Å². The third-order valence-corrected chi connectivity index (χ3v) is 3.99. The summed E-state index contributed by atoms with van der Waals surface area (Å²) in [4.78, 5) is 0. The fraction of sp³-hybridized carbons (Fsp3) is 0.600. The maximum atomic E-state index is 14.0. The lowest BCUT2D eigenvalue weighted by molar-refractivity contribution is -0.309. The van der Waals surface area contributed by atoms with Gasteiger partial charge in [0.2, 0.25) is 0 Å². The summed E-state index contributed by atoms with van der Waals surface area (Å²) in [6.07, 6.45) is -2.22. The van der Waals surface area contributed by atoms with E-state index >= 15 is 0 Å². The van der Waals surface area contributed by atoms with Crippen LogP contribution in [0.1, 0.15) is 25.7 Å². The van der Waals surface area contributed by atoms with Gasteiger partial charge >= 0.3 is 0 Å². The minimum absolute atomic E-state index is 0.169. The molecule has 0 bridgehead atoms. The molecule has 0 spiro atoms. The summed E-state index contributed by atoms with van der Waals surface area (Å²) in [7, 11) is 0. The fourth-order valence-corrected chi connectivity index (χ4v) is 2.87. The Labute approximate surface area is 112 Å². The van der Waals surface area contributed by atoms with E-state index in [4.69, 9.17) is 14.2 Å². The first-order chi connectivity index (χ1) is 9.16. The molecule has 1 aromatic carbocycles. The van der Waals surface area contributed by atoms with Crippen molar-refractivity contribution < 1.29 is 18.6 Å². The number of halogens is 1. The van der Waals surface area contributed by atoms with Crippen molar-refractivity contribution in [2.24, 2.45) is 5.92 Å². The number of hydrogen-bond donors (Lipinski definition) is 0. The van der Waals surface area contributed by atoms with Crippen LogP contribution in [0.2, 0.25) is 0 Å². The molecule has 104 valence electrons. The standard InChI is InChI=1S/C15H19FO3/c1-9-13(16)10(2)18-12-8-17-15(19-14(9)12)11-6-4-3-5-7-11/h3-7,9-10,12-15H,8H2,1-2H3. The van der Waals surface area contributed by atoms with Gasteiger partial charge < -0.3 is 14.2 Å². The van der Waals surface area contributed by atoms with E-state index in [1.54, 1.807) is 6.92 Å². The van der Waals surface area contributed by atoms with Crippen molar-refractivity contribution in [3.05, 3.63) is 35.9 Å². The molecule has 2 heterocycles. The van der Waals surface area contributed by atoms with Crippen LogP contribution in [-0.4, -0.2) is 31.1 Å². The number of rotatable bonds is 1. The third kappa shape index (κ3) is 2.40. The van der Waals surface area contributed by atoms with Gasteiger partial charge in [0.25, 0.3) is 0 Å². The lowest BCUT2D eigenvalue weighted by atomic mass is 9.88. The number of benzene rings is 1. The van der Waals surface area contributed by atoms with E-state index in [9.17, 15) is 4.39 Å². The highest BCUT2D eigenvalue weighted by molar-refractivity contribution is 5.16. The molecule has 3 nitrogen and oxygen atoms in total. The van der Waals surface area contributed by atoms with Gasteiger partial charge in [0.1, 0.15) is 12.3 Å². The van der Waals surface area contributed by atoms with E-state index in [2.05, 4.69) is 0 Å². The Bertz CT molecular complexity index is 423. The highest BCUT2D eigenvalue weighted by Gasteiger charge is 2.46. The van der Waals surface area contributed by atoms with Crippen LogP contribution < -0.4 is 0 Å². The number of hydrogen-bond acceptors (Lipinski definition) is 3. The topological polar surface area (TPSA) is 27.7 Å². The summed E-state index contributed by atoms with van der Waals surface area (Å²) < 4.78 is 31.3. The fourth-order valence-electron chi connectivity index (χ4n) is 2.87. The Morgan fingerprint density at radius 3 is 2.58 bits per heavy atom. The molecule has 2 aliphatic heterocycles. The lowest BCUT2D eigenvalue weighted by Gasteiger charge is -2.46. The molecule has 6 atom stereocenters.